The van der Waals surface area contributed by atoms with Crippen molar-refractivity contribution in [2.24, 2.45) is 0 Å². The second kappa shape index (κ2) is 6.27. The van der Waals surface area contributed by atoms with Crippen molar-refractivity contribution in [3.05, 3.63) is 47.0 Å². The number of aromatic amines is 1. The van der Waals surface area contributed by atoms with E-state index >= 15 is 0 Å². The maximum absolute atomic E-state index is 12.1. The molecule has 0 saturated heterocycles. The summed E-state index contributed by atoms with van der Waals surface area (Å²) < 4.78 is 0. The van der Waals surface area contributed by atoms with E-state index in [1.807, 2.05) is 0 Å². The second-order valence-corrected chi connectivity index (χ2v) is 4.85. The molecule has 8 heteroatoms. The first-order chi connectivity index (χ1) is 9.95. The number of carbonyl (C=O) groups is 2. The second-order valence-electron chi connectivity index (χ2n) is 4.42. The van der Waals surface area contributed by atoms with Gasteiger partial charge in [0, 0.05) is 34.6 Å². The average molecular weight is 309 g/mol. The fourth-order valence-electron chi connectivity index (χ4n) is 1.80. The molecule has 0 aliphatic rings. The Labute approximate surface area is 125 Å². The highest BCUT2D eigenvalue weighted by Gasteiger charge is 2.22. The van der Waals surface area contributed by atoms with Crippen LogP contribution in [0.3, 0.4) is 0 Å². The van der Waals surface area contributed by atoms with Crippen molar-refractivity contribution in [3.63, 3.8) is 0 Å². The van der Waals surface area contributed by atoms with Crippen molar-refractivity contribution in [1.82, 2.24) is 15.3 Å². The van der Waals surface area contributed by atoms with Crippen molar-refractivity contribution in [2.45, 2.75) is 12.5 Å². The van der Waals surface area contributed by atoms with Crippen LogP contribution in [0.25, 0.3) is 0 Å². The number of rotatable bonds is 5. The van der Waals surface area contributed by atoms with E-state index in [9.17, 15) is 14.7 Å². The molecule has 1 unspecified atom stereocenters. The van der Waals surface area contributed by atoms with Crippen molar-refractivity contribution in [3.8, 4) is 0 Å². The molecule has 0 spiro atoms. The van der Waals surface area contributed by atoms with E-state index in [-0.39, 0.29) is 12.0 Å². The maximum atomic E-state index is 12.1. The summed E-state index contributed by atoms with van der Waals surface area (Å²) in [6, 6.07) is 3.26. The van der Waals surface area contributed by atoms with Gasteiger partial charge in [-0.25, -0.2) is 9.78 Å². The fraction of sp³-hybridized carbons (Fsp3) is 0.154. The zero-order chi connectivity index (χ0) is 15.4. The topological polar surface area (TPSA) is 121 Å². The van der Waals surface area contributed by atoms with Crippen LogP contribution in [-0.2, 0) is 11.2 Å². The SMILES string of the molecule is Nc1cc(Cl)cc(C(=O)NC(Cc2cnc[nH]2)C(=O)O)c1. The van der Waals surface area contributed by atoms with E-state index in [1.165, 1.54) is 30.7 Å². The maximum Gasteiger partial charge on any atom is 0.326 e. The molecule has 1 aromatic carbocycles. The fourth-order valence-corrected chi connectivity index (χ4v) is 2.04. The van der Waals surface area contributed by atoms with Crippen LogP contribution < -0.4 is 11.1 Å². The predicted octanol–water partition coefficient (Wildman–Crippen LogP) is 1.07. The van der Waals surface area contributed by atoms with Crippen LogP contribution in [0.1, 0.15) is 16.1 Å². The van der Waals surface area contributed by atoms with Crippen LogP contribution in [-0.4, -0.2) is 33.0 Å². The molecule has 21 heavy (non-hydrogen) atoms. The summed E-state index contributed by atoms with van der Waals surface area (Å²) >= 11 is 5.82. The number of nitrogens with zero attached hydrogens (tertiary/aromatic N) is 1. The molecule has 1 atom stereocenters. The molecule has 110 valence electrons. The zero-order valence-corrected chi connectivity index (χ0v) is 11.6. The molecule has 0 radical (unpaired) electrons. The van der Waals surface area contributed by atoms with Crippen LogP contribution >= 0.6 is 11.6 Å². The van der Waals surface area contributed by atoms with Gasteiger partial charge in [-0.15, -0.1) is 0 Å². The Morgan fingerprint density at radius 1 is 1.43 bits per heavy atom. The van der Waals surface area contributed by atoms with Gasteiger partial charge in [0.05, 0.1) is 6.33 Å². The molecule has 5 N–H and O–H groups in total. The number of nitrogens with two attached hydrogens (primary N) is 1. The molecule has 0 fully saturated rings. The molecule has 0 aliphatic heterocycles. The number of hydrogen-bond donors (Lipinski definition) is 4. The minimum absolute atomic E-state index is 0.0944. The van der Waals surface area contributed by atoms with Crippen molar-refractivity contribution < 1.29 is 14.7 Å². The van der Waals surface area contributed by atoms with Gasteiger partial charge in [0.2, 0.25) is 0 Å². The van der Waals surface area contributed by atoms with Gasteiger partial charge >= 0.3 is 5.97 Å². The standard InChI is InChI=1S/C13H13ClN4O3/c14-8-1-7(2-9(15)3-8)12(19)18-11(13(20)21)4-10-5-16-6-17-10/h1-3,5-6,11H,4,15H2,(H,16,17)(H,18,19)(H,20,21). The number of H-pyrrole nitrogens is 1. The third-order valence-corrected chi connectivity index (χ3v) is 2.98. The van der Waals surface area contributed by atoms with Gasteiger partial charge in [0.25, 0.3) is 5.91 Å². The summed E-state index contributed by atoms with van der Waals surface area (Å²) in [5, 5.41) is 11.9. The number of carboxylic acid groups (broad SMARTS) is 1. The zero-order valence-electron chi connectivity index (χ0n) is 10.8. The van der Waals surface area contributed by atoms with Crippen LogP contribution in [0.4, 0.5) is 5.69 Å². The summed E-state index contributed by atoms with van der Waals surface area (Å²) in [7, 11) is 0. The van der Waals surface area contributed by atoms with Crippen LogP contribution in [0.2, 0.25) is 5.02 Å². The lowest BCUT2D eigenvalue weighted by atomic mass is 10.1. The molecule has 0 bridgehead atoms. The van der Waals surface area contributed by atoms with E-state index in [0.717, 1.165) is 0 Å². The largest absolute Gasteiger partial charge is 0.480 e. The van der Waals surface area contributed by atoms with Gasteiger partial charge in [-0.2, -0.15) is 0 Å². The Balaban J connectivity index is 2.12. The van der Waals surface area contributed by atoms with Crippen molar-refractivity contribution >= 4 is 29.2 Å². The van der Waals surface area contributed by atoms with Crippen molar-refractivity contribution in [2.75, 3.05) is 5.73 Å². The Morgan fingerprint density at radius 3 is 2.76 bits per heavy atom. The first-order valence-corrected chi connectivity index (χ1v) is 6.40. The molecular formula is C13H13ClN4O3. The number of carboxylic acids is 1. The number of benzene rings is 1. The minimum Gasteiger partial charge on any atom is -0.480 e. The number of nitrogen functional groups attached to an aromatic ring is 1. The van der Waals surface area contributed by atoms with Crippen LogP contribution in [0.5, 0.6) is 0 Å². The van der Waals surface area contributed by atoms with Gasteiger partial charge in [-0.3, -0.25) is 4.79 Å². The molecule has 0 aliphatic carbocycles. The molecule has 1 amide bonds. The first-order valence-electron chi connectivity index (χ1n) is 6.02. The first kappa shape index (κ1) is 14.9. The number of halogens is 1. The van der Waals surface area contributed by atoms with Crippen LogP contribution in [0, 0.1) is 0 Å². The van der Waals surface area contributed by atoms with E-state index < -0.39 is 17.9 Å². The van der Waals surface area contributed by atoms with Crippen LogP contribution in [0.15, 0.2) is 30.7 Å². The lowest BCUT2D eigenvalue weighted by molar-refractivity contribution is -0.139. The van der Waals surface area contributed by atoms with Gasteiger partial charge in [0.15, 0.2) is 0 Å². The summed E-state index contributed by atoms with van der Waals surface area (Å²) in [6.45, 7) is 0. The summed E-state index contributed by atoms with van der Waals surface area (Å²) in [5.41, 5.74) is 6.74. The Kier molecular flexibility index (Phi) is 4.44. The molecule has 2 aromatic rings. The quantitative estimate of drug-likeness (QED) is 0.616. The van der Waals surface area contributed by atoms with Crippen molar-refractivity contribution in [1.29, 1.82) is 0 Å². The number of nitrogens with one attached hydrogen (secondary N) is 2. The number of hydrogen-bond acceptors (Lipinski definition) is 4. The molecule has 7 nitrogen and oxygen atoms in total. The number of carbonyl (C=O) groups excluding carboxylic acids is 1. The number of imidazole rings is 1. The average Bonchev–Trinajstić information content (AvgIpc) is 2.89. The monoisotopic (exact) mass is 308 g/mol. The van der Waals surface area contributed by atoms with E-state index in [0.29, 0.717) is 16.4 Å². The Hall–Kier alpha value is -2.54. The van der Waals surface area contributed by atoms with E-state index in [1.54, 1.807) is 0 Å². The van der Waals surface area contributed by atoms with E-state index in [2.05, 4.69) is 15.3 Å². The van der Waals surface area contributed by atoms with E-state index in [4.69, 9.17) is 17.3 Å². The predicted molar refractivity (Wildman–Crippen MR) is 77.0 cm³/mol. The normalized spacial score (nSPS) is 11.9. The molecular weight excluding hydrogens is 296 g/mol. The highest BCUT2D eigenvalue weighted by molar-refractivity contribution is 6.31. The highest BCUT2D eigenvalue weighted by Crippen LogP contribution is 2.16. The number of anilines is 1. The molecule has 2 rings (SSSR count). The Bertz CT molecular complexity index is 637. The smallest absolute Gasteiger partial charge is 0.326 e. The van der Waals surface area contributed by atoms with Gasteiger partial charge in [-0.1, -0.05) is 11.6 Å². The number of amides is 1. The summed E-state index contributed by atoms with van der Waals surface area (Å²) in [6.07, 6.45) is 3.03. The minimum atomic E-state index is -1.15. The van der Waals surface area contributed by atoms with Gasteiger partial charge < -0.3 is 21.1 Å². The third kappa shape index (κ3) is 3.96. The molecule has 0 saturated carbocycles. The van der Waals surface area contributed by atoms with Gasteiger partial charge in [-0.05, 0) is 18.2 Å². The third-order valence-electron chi connectivity index (χ3n) is 2.76. The highest BCUT2D eigenvalue weighted by atomic mass is 35.5. The van der Waals surface area contributed by atoms with Gasteiger partial charge in [0.1, 0.15) is 6.04 Å². The number of aromatic nitrogens is 2. The Morgan fingerprint density at radius 2 is 2.19 bits per heavy atom. The molecule has 1 aromatic heterocycles. The lowest BCUT2D eigenvalue weighted by Crippen LogP contribution is -2.42. The summed E-state index contributed by atoms with van der Waals surface area (Å²) in [5.74, 6) is -1.70. The molecule has 1 heterocycles. The number of aliphatic carboxylic acids is 1. The summed E-state index contributed by atoms with van der Waals surface area (Å²) in [4.78, 5) is 29.9. The lowest BCUT2D eigenvalue weighted by Gasteiger charge is -2.14.